The van der Waals surface area contributed by atoms with Crippen LogP contribution in [-0.2, 0) is 11.2 Å². The van der Waals surface area contributed by atoms with Crippen LogP contribution in [0.5, 0.6) is 0 Å². The standard InChI is InChI=1S/C24H33N3OS/c1-24(2)14-19(13-20(28)15-24)25-16-22-21-10-6-3-7-17(21)11-12-27(22)23(29)26-18-8-4-5-9-18/h3,6-7,10,13,18,22,25H,4-5,8-9,11-12,14-16H2,1-2H3,(H,26,29). The van der Waals surface area contributed by atoms with Crippen molar-refractivity contribution in [1.29, 1.82) is 0 Å². The molecular weight excluding hydrogens is 378 g/mol. The van der Waals surface area contributed by atoms with E-state index in [1.54, 1.807) is 6.08 Å². The van der Waals surface area contributed by atoms with Gasteiger partial charge in [0.05, 0.1) is 6.04 Å². The van der Waals surface area contributed by atoms with Gasteiger partial charge in [-0.05, 0) is 54.4 Å². The van der Waals surface area contributed by atoms with Gasteiger partial charge in [-0.15, -0.1) is 0 Å². The quantitative estimate of drug-likeness (QED) is 0.725. The molecule has 4 nitrogen and oxygen atoms in total. The van der Waals surface area contributed by atoms with Gasteiger partial charge >= 0.3 is 0 Å². The molecule has 0 bridgehead atoms. The molecule has 3 aliphatic rings. The van der Waals surface area contributed by atoms with E-state index in [-0.39, 0.29) is 17.2 Å². The molecule has 1 aliphatic heterocycles. The van der Waals surface area contributed by atoms with Crippen LogP contribution in [0.25, 0.3) is 0 Å². The number of hydrogen-bond donors (Lipinski definition) is 2. The summed E-state index contributed by atoms with van der Waals surface area (Å²) in [4.78, 5) is 14.5. The fourth-order valence-electron chi connectivity index (χ4n) is 5.13. The van der Waals surface area contributed by atoms with Gasteiger partial charge in [-0.25, -0.2) is 0 Å². The summed E-state index contributed by atoms with van der Waals surface area (Å²) in [6.45, 7) is 6.04. The van der Waals surface area contributed by atoms with E-state index in [2.05, 4.69) is 53.6 Å². The summed E-state index contributed by atoms with van der Waals surface area (Å²) < 4.78 is 0. The Hall–Kier alpha value is -1.88. The minimum Gasteiger partial charge on any atom is -0.386 e. The largest absolute Gasteiger partial charge is 0.386 e. The predicted molar refractivity (Wildman–Crippen MR) is 122 cm³/mol. The molecule has 1 aromatic carbocycles. The minimum atomic E-state index is 0.0255. The van der Waals surface area contributed by atoms with E-state index in [9.17, 15) is 4.79 Å². The molecule has 0 aromatic heterocycles. The lowest BCUT2D eigenvalue weighted by Crippen LogP contribution is -2.50. The highest BCUT2D eigenvalue weighted by Crippen LogP contribution is 2.34. The monoisotopic (exact) mass is 411 g/mol. The van der Waals surface area contributed by atoms with Gasteiger partial charge in [0.2, 0.25) is 0 Å². The first kappa shape index (κ1) is 20.4. The first-order valence-corrected chi connectivity index (χ1v) is 11.4. The van der Waals surface area contributed by atoms with Crippen LogP contribution >= 0.6 is 12.2 Å². The molecule has 1 aromatic rings. The molecule has 2 aliphatic carbocycles. The highest BCUT2D eigenvalue weighted by molar-refractivity contribution is 7.80. The van der Waals surface area contributed by atoms with Crippen molar-refractivity contribution >= 4 is 23.1 Å². The zero-order valence-corrected chi connectivity index (χ0v) is 18.5. The Morgan fingerprint density at radius 2 is 1.97 bits per heavy atom. The van der Waals surface area contributed by atoms with Gasteiger partial charge in [-0.1, -0.05) is 51.0 Å². The molecule has 1 atom stereocenters. The van der Waals surface area contributed by atoms with E-state index in [4.69, 9.17) is 12.2 Å². The molecular formula is C24H33N3OS. The molecule has 0 spiro atoms. The number of ketones is 1. The average Bonchev–Trinajstić information content (AvgIpc) is 3.17. The van der Waals surface area contributed by atoms with Crippen LogP contribution in [0, 0.1) is 5.41 Å². The van der Waals surface area contributed by atoms with Crippen LogP contribution in [-0.4, -0.2) is 34.9 Å². The highest BCUT2D eigenvalue weighted by atomic mass is 32.1. The zero-order chi connectivity index (χ0) is 20.4. The molecule has 5 heteroatoms. The number of thiocarbonyl (C=S) groups is 1. The fourth-order valence-corrected chi connectivity index (χ4v) is 5.52. The number of carbonyl (C=O) groups is 1. The number of nitrogens with one attached hydrogen (secondary N) is 2. The van der Waals surface area contributed by atoms with Gasteiger partial charge in [0.15, 0.2) is 10.9 Å². The summed E-state index contributed by atoms with van der Waals surface area (Å²) in [5.74, 6) is 0.225. The van der Waals surface area contributed by atoms with Crippen molar-refractivity contribution in [2.45, 2.75) is 70.9 Å². The number of rotatable bonds is 4. The first-order valence-electron chi connectivity index (χ1n) is 11.0. The van der Waals surface area contributed by atoms with Crippen molar-refractivity contribution < 1.29 is 4.79 Å². The van der Waals surface area contributed by atoms with Gasteiger partial charge in [-0.3, -0.25) is 4.79 Å². The summed E-state index contributed by atoms with van der Waals surface area (Å²) in [7, 11) is 0. The molecule has 0 radical (unpaired) electrons. The minimum absolute atomic E-state index is 0.0255. The summed E-state index contributed by atoms with van der Waals surface area (Å²) in [6.07, 6.45) is 9.41. The topological polar surface area (TPSA) is 44.4 Å². The van der Waals surface area contributed by atoms with Crippen LogP contribution in [0.4, 0.5) is 0 Å². The fraction of sp³-hybridized carbons (Fsp3) is 0.583. The van der Waals surface area contributed by atoms with E-state index in [1.165, 1.54) is 36.8 Å². The second-order valence-electron chi connectivity index (χ2n) is 9.62. The lowest BCUT2D eigenvalue weighted by Gasteiger charge is -2.40. The van der Waals surface area contributed by atoms with E-state index in [0.29, 0.717) is 12.5 Å². The molecule has 2 N–H and O–H groups in total. The van der Waals surface area contributed by atoms with Crippen LogP contribution in [0.1, 0.15) is 69.5 Å². The SMILES string of the molecule is CC1(C)CC(=O)C=C(NCC2c3ccccc3CCN2C(=S)NC2CCCC2)C1. The maximum Gasteiger partial charge on any atom is 0.169 e. The number of benzene rings is 1. The van der Waals surface area contributed by atoms with Gasteiger partial charge in [0.1, 0.15) is 0 Å². The Morgan fingerprint density at radius 1 is 1.21 bits per heavy atom. The van der Waals surface area contributed by atoms with Crippen molar-refractivity contribution in [3.63, 3.8) is 0 Å². The molecule has 1 heterocycles. The van der Waals surface area contributed by atoms with Gasteiger partial charge in [0, 0.05) is 37.3 Å². The smallest absolute Gasteiger partial charge is 0.169 e. The van der Waals surface area contributed by atoms with Crippen molar-refractivity contribution in [1.82, 2.24) is 15.5 Å². The van der Waals surface area contributed by atoms with Crippen molar-refractivity contribution in [3.05, 3.63) is 47.2 Å². The highest BCUT2D eigenvalue weighted by Gasteiger charge is 2.32. The molecule has 1 saturated carbocycles. The number of carbonyl (C=O) groups excluding carboxylic acids is 1. The van der Waals surface area contributed by atoms with Gasteiger partial charge in [-0.2, -0.15) is 0 Å². The molecule has 4 rings (SSSR count). The number of nitrogens with zero attached hydrogens (tertiary/aromatic N) is 1. The molecule has 29 heavy (non-hydrogen) atoms. The Bertz CT molecular complexity index is 810. The second kappa shape index (κ2) is 8.47. The lowest BCUT2D eigenvalue weighted by molar-refractivity contribution is -0.117. The number of hydrogen-bond acceptors (Lipinski definition) is 3. The molecule has 1 fully saturated rings. The van der Waals surface area contributed by atoms with Crippen LogP contribution in [0.2, 0.25) is 0 Å². The van der Waals surface area contributed by atoms with E-state index in [1.807, 2.05) is 0 Å². The van der Waals surface area contributed by atoms with E-state index in [0.717, 1.165) is 36.7 Å². The summed E-state index contributed by atoms with van der Waals surface area (Å²) in [5.41, 5.74) is 3.85. The second-order valence-corrected chi connectivity index (χ2v) is 10.0. The average molecular weight is 412 g/mol. The zero-order valence-electron chi connectivity index (χ0n) is 17.7. The van der Waals surface area contributed by atoms with E-state index >= 15 is 0 Å². The van der Waals surface area contributed by atoms with Crippen molar-refractivity contribution in [2.24, 2.45) is 5.41 Å². The van der Waals surface area contributed by atoms with Crippen LogP contribution < -0.4 is 10.6 Å². The Kier molecular flexibility index (Phi) is 5.95. The van der Waals surface area contributed by atoms with Crippen molar-refractivity contribution in [3.8, 4) is 0 Å². The Morgan fingerprint density at radius 3 is 2.72 bits per heavy atom. The molecule has 156 valence electrons. The third kappa shape index (κ3) is 4.82. The van der Waals surface area contributed by atoms with Crippen molar-refractivity contribution in [2.75, 3.05) is 13.1 Å². The van der Waals surface area contributed by atoms with Crippen LogP contribution in [0.3, 0.4) is 0 Å². The molecule has 0 saturated heterocycles. The molecule has 1 unspecified atom stereocenters. The third-order valence-corrected chi connectivity index (χ3v) is 6.89. The number of allylic oxidation sites excluding steroid dienone is 2. The third-order valence-electron chi connectivity index (χ3n) is 6.54. The predicted octanol–water partition coefficient (Wildman–Crippen LogP) is 4.27. The normalized spacial score (nSPS) is 24.1. The van der Waals surface area contributed by atoms with Gasteiger partial charge in [0.25, 0.3) is 0 Å². The first-order chi connectivity index (χ1) is 13.9. The van der Waals surface area contributed by atoms with Crippen LogP contribution in [0.15, 0.2) is 36.0 Å². The van der Waals surface area contributed by atoms with E-state index < -0.39 is 0 Å². The molecule has 0 amide bonds. The maximum atomic E-state index is 12.1. The lowest BCUT2D eigenvalue weighted by atomic mass is 9.79. The summed E-state index contributed by atoms with van der Waals surface area (Å²) in [5, 5.41) is 8.12. The van der Waals surface area contributed by atoms with Gasteiger partial charge < -0.3 is 15.5 Å². The number of fused-ring (bicyclic) bond motifs is 1. The Balaban J connectivity index is 1.51. The summed E-state index contributed by atoms with van der Waals surface area (Å²) >= 11 is 5.86. The maximum absolute atomic E-state index is 12.1. The Labute approximate surface area is 180 Å². The summed E-state index contributed by atoms with van der Waals surface area (Å²) in [6, 6.07) is 9.42.